The summed E-state index contributed by atoms with van der Waals surface area (Å²) in [4.78, 5) is 32.8. The summed E-state index contributed by atoms with van der Waals surface area (Å²) in [5.74, 6) is -1.30. The second-order valence-electron chi connectivity index (χ2n) is 8.65. The number of aromatic nitrogens is 1. The highest BCUT2D eigenvalue weighted by Gasteiger charge is 2.48. The van der Waals surface area contributed by atoms with Crippen LogP contribution in [-0.4, -0.2) is 33.5 Å². The number of aromatic hydroxyl groups is 1. The quantitative estimate of drug-likeness (QED) is 0.209. The zero-order chi connectivity index (χ0) is 25.6. The van der Waals surface area contributed by atoms with Gasteiger partial charge in [-0.3, -0.25) is 14.5 Å². The highest BCUT2D eigenvalue weighted by molar-refractivity contribution is 7.22. The van der Waals surface area contributed by atoms with E-state index in [1.807, 2.05) is 32.9 Å². The van der Waals surface area contributed by atoms with Crippen LogP contribution in [0.3, 0.4) is 0 Å². The van der Waals surface area contributed by atoms with Gasteiger partial charge in [-0.1, -0.05) is 29.5 Å². The molecule has 36 heavy (non-hydrogen) atoms. The third-order valence-corrected chi connectivity index (χ3v) is 7.10. The molecule has 0 bridgehead atoms. The molecular formula is C28H24N2O5S. The number of carbonyl (C=O) groups is 2. The van der Waals surface area contributed by atoms with E-state index in [0.717, 1.165) is 21.3 Å². The van der Waals surface area contributed by atoms with Crippen molar-refractivity contribution in [1.82, 2.24) is 4.98 Å². The van der Waals surface area contributed by atoms with E-state index in [-0.39, 0.29) is 17.1 Å². The molecule has 1 unspecified atom stereocenters. The number of fused-ring (bicyclic) bond motifs is 1. The van der Waals surface area contributed by atoms with E-state index in [4.69, 9.17) is 9.72 Å². The van der Waals surface area contributed by atoms with Gasteiger partial charge in [0.2, 0.25) is 0 Å². The number of anilines is 1. The number of carbonyl (C=O) groups excluding carboxylic acids is 2. The normalized spacial score (nSPS) is 17.2. The smallest absolute Gasteiger partial charge is 0.301 e. The van der Waals surface area contributed by atoms with Gasteiger partial charge in [-0.2, -0.15) is 0 Å². The zero-order valence-electron chi connectivity index (χ0n) is 20.0. The molecule has 3 aromatic carbocycles. The van der Waals surface area contributed by atoms with Crippen LogP contribution < -0.4 is 9.64 Å². The summed E-state index contributed by atoms with van der Waals surface area (Å²) in [5, 5.41) is 21.8. The number of aliphatic hydroxyl groups is 1. The summed E-state index contributed by atoms with van der Waals surface area (Å²) in [6, 6.07) is 16.0. The maximum atomic E-state index is 13.4. The highest BCUT2D eigenvalue weighted by Crippen LogP contribution is 2.45. The molecule has 1 fully saturated rings. The predicted molar refractivity (Wildman–Crippen MR) is 140 cm³/mol. The first-order chi connectivity index (χ1) is 17.3. The molecule has 1 saturated heterocycles. The molecule has 1 aliphatic rings. The molecule has 1 aromatic heterocycles. The number of ether oxygens (including phenoxy) is 1. The monoisotopic (exact) mass is 500 g/mol. The van der Waals surface area contributed by atoms with Crippen molar-refractivity contribution >= 4 is 44.1 Å². The van der Waals surface area contributed by atoms with Crippen LogP contribution in [0.15, 0.2) is 66.2 Å². The topological polar surface area (TPSA) is 100.0 Å². The lowest BCUT2D eigenvalue weighted by atomic mass is 9.95. The summed E-state index contributed by atoms with van der Waals surface area (Å²) in [6.07, 6.45) is 0. The number of hydrogen-bond acceptors (Lipinski definition) is 7. The second kappa shape index (κ2) is 9.13. The lowest BCUT2D eigenvalue weighted by molar-refractivity contribution is -0.132. The number of phenols is 1. The minimum atomic E-state index is -0.967. The van der Waals surface area contributed by atoms with Crippen LogP contribution in [0, 0.1) is 13.8 Å². The van der Waals surface area contributed by atoms with Crippen LogP contribution in [-0.2, 0) is 9.59 Å². The van der Waals surface area contributed by atoms with Crippen molar-refractivity contribution in [1.29, 1.82) is 0 Å². The molecule has 2 N–H and O–H groups in total. The summed E-state index contributed by atoms with van der Waals surface area (Å²) < 4.78 is 6.36. The van der Waals surface area contributed by atoms with Gasteiger partial charge in [-0.05, 0) is 79.9 Å². The molecule has 0 aliphatic carbocycles. The number of rotatable bonds is 5. The first-order valence-corrected chi connectivity index (χ1v) is 12.3. The minimum absolute atomic E-state index is 0.0186. The van der Waals surface area contributed by atoms with Gasteiger partial charge in [-0.15, -0.1) is 0 Å². The molecule has 182 valence electrons. The molecule has 1 atom stereocenters. The van der Waals surface area contributed by atoms with Crippen molar-refractivity contribution in [2.75, 3.05) is 11.5 Å². The van der Waals surface area contributed by atoms with Crippen molar-refractivity contribution < 1.29 is 24.5 Å². The lowest BCUT2D eigenvalue weighted by Gasteiger charge is -2.23. The molecular weight excluding hydrogens is 476 g/mol. The molecule has 2 heterocycles. The van der Waals surface area contributed by atoms with E-state index in [1.165, 1.54) is 28.4 Å². The number of benzene rings is 3. The van der Waals surface area contributed by atoms with E-state index in [1.54, 1.807) is 36.4 Å². The molecule has 1 aliphatic heterocycles. The van der Waals surface area contributed by atoms with Crippen LogP contribution in [0.1, 0.15) is 35.2 Å². The fourth-order valence-electron chi connectivity index (χ4n) is 4.53. The molecule has 0 spiro atoms. The molecule has 0 radical (unpaired) electrons. The van der Waals surface area contributed by atoms with E-state index in [0.29, 0.717) is 28.6 Å². The molecule has 1 amide bonds. The van der Waals surface area contributed by atoms with Crippen molar-refractivity contribution in [3.8, 4) is 11.5 Å². The number of aliphatic hydroxyl groups excluding tert-OH is 1. The molecule has 8 heteroatoms. The number of ketones is 1. The molecule has 5 rings (SSSR count). The van der Waals surface area contributed by atoms with Crippen molar-refractivity contribution in [3.05, 3.63) is 88.5 Å². The van der Waals surface area contributed by atoms with Gasteiger partial charge >= 0.3 is 5.91 Å². The average Bonchev–Trinajstić information content (AvgIpc) is 3.38. The fourth-order valence-corrected chi connectivity index (χ4v) is 5.70. The SMILES string of the molecule is CCOc1ccc(/C(O)=C2\C(=O)C(=O)N(c3nc4c(C)cc(C)cc4s3)C2c2cccc(O)c2)cc1. The van der Waals surface area contributed by atoms with Gasteiger partial charge < -0.3 is 14.9 Å². The van der Waals surface area contributed by atoms with Crippen LogP contribution in [0.2, 0.25) is 0 Å². The number of thiazole rings is 1. The Hall–Kier alpha value is -4.17. The average molecular weight is 501 g/mol. The van der Waals surface area contributed by atoms with E-state index in [9.17, 15) is 19.8 Å². The summed E-state index contributed by atoms with van der Waals surface area (Å²) in [6.45, 7) is 6.30. The lowest BCUT2D eigenvalue weighted by Crippen LogP contribution is -2.29. The van der Waals surface area contributed by atoms with Crippen LogP contribution in [0.4, 0.5) is 5.13 Å². The zero-order valence-corrected chi connectivity index (χ0v) is 20.8. The van der Waals surface area contributed by atoms with E-state index < -0.39 is 17.7 Å². The van der Waals surface area contributed by atoms with E-state index in [2.05, 4.69) is 0 Å². The Labute approximate surface area is 211 Å². The minimum Gasteiger partial charge on any atom is -0.508 e. The Morgan fingerprint density at radius 1 is 1.08 bits per heavy atom. The van der Waals surface area contributed by atoms with Crippen molar-refractivity contribution in [2.45, 2.75) is 26.8 Å². The fraction of sp³-hybridized carbons (Fsp3) is 0.179. The molecule has 0 saturated carbocycles. The number of Topliss-reactive ketones (excluding diaryl/α,β-unsaturated/α-hetero) is 1. The largest absolute Gasteiger partial charge is 0.508 e. The number of aryl methyl sites for hydroxylation is 2. The van der Waals surface area contributed by atoms with Gasteiger partial charge in [0.05, 0.1) is 28.4 Å². The van der Waals surface area contributed by atoms with Crippen LogP contribution in [0.25, 0.3) is 16.0 Å². The van der Waals surface area contributed by atoms with Gasteiger partial charge in [0.15, 0.2) is 5.13 Å². The first-order valence-electron chi connectivity index (χ1n) is 11.5. The summed E-state index contributed by atoms with van der Waals surface area (Å²) >= 11 is 1.31. The Kier molecular flexibility index (Phi) is 5.97. The number of phenolic OH excluding ortho intramolecular Hbond substituents is 1. The van der Waals surface area contributed by atoms with Crippen LogP contribution >= 0.6 is 11.3 Å². The number of nitrogens with zero attached hydrogens (tertiary/aromatic N) is 2. The van der Waals surface area contributed by atoms with Gasteiger partial charge in [0.1, 0.15) is 17.3 Å². The third kappa shape index (κ3) is 3.99. The highest BCUT2D eigenvalue weighted by atomic mass is 32.1. The van der Waals surface area contributed by atoms with Gasteiger partial charge in [0, 0.05) is 5.56 Å². The Morgan fingerprint density at radius 3 is 2.53 bits per heavy atom. The Morgan fingerprint density at radius 2 is 1.83 bits per heavy atom. The van der Waals surface area contributed by atoms with Crippen LogP contribution in [0.5, 0.6) is 11.5 Å². The van der Waals surface area contributed by atoms with Gasteiger partial charge in [-0.25, -0.2) is 4.98 Å². The maximum Gasteiger partial charge on any atom is 0.301 e. The first kappa shape index (κ1) is 23.6. The van der Waals surface area contributed by atoms with Crippen molar-refractivity contribution in [3.63, 3.8) is 0 Å². The maximum absolute atomic E-state index is 13.4. The van der Waals surface area contributed by atoms with Gasteiger partial charge in [0.25, 0.3) is 5.78 Å². The number of amides is 1. The predicted octanol–water partition coefficient (Wildman–Crippen LogP) is 5.64. The van der Waals surface area contributed by atoms with Crippen molar-refractivity contribution in [2.24, 2.45) is 0 Å². The Bertz CT molecular complexity index is 1540. The third-order valence-electron chi connectivity index (χ3n) is 6.09. The standard InChI is InChI=1S/C28H24N2O5S/c1-4-35-20-10-8-17(9-11-20)25(32)22-24(18-6-5-7-19(31)14-18)30(27(34)26(22)33)28-29-23-16(3)12-15(2)13-21(23)36-28/h5-14,24,31-32H,4H2,1-3H3/b25-22+. The molecule has 4 aromatic rings. The Balaban J connectivity index is 1.70. The van der Waals surface area contributed by atoms with E-state index >= 15 is 0 Å². The molecule has 7 nitrogen and oxygen atoms in total. The second-order valence-corrected chi connectivity index (χ2v) is 9.66. The number of hydrogen-bond donors (Lipinski definition) is 2. The summed E-state index contributed by atoms with van der Waals surface area (Å²) in [7, 11) is 0. The summed E-state index contributed by atoms with van der Waals surface area (Å²) in [5.41, 5.74) is 3.57.